The van der Waals surface area contributed by atoms with Crippen LogP contribution in [0, 0.1) is 12.8 Å². The zero-order valence-corrected chi connectivity index (χ0v) is 24.3. The Hall–Kier alpha value is -3.10. The number of methoxy groups -OCH3 is 3. The molecule has 39 heavy (non-hydrogen) atoms. The Morgan fingerprint density at radius 3 is 2.26 bits per heavy atom. The first-order valence-corrected chi connectivity index (χ1v) is 13.9. The molecule has 1 atom stereocenters. The maximum absolute atomic E-state index is 13.2. The molecule has 2 amide bonds. The number of hydrogen-bond acceptors (Lipinski definition) is 6. The Balaban J connectivity index is 1.97. The quantitative estimate of drug-likeness (QED) is 0.306. The number of urea groups is 1. The van der Waals surface area contributed by atoms with Crippen LogP contribution in [0.2, 0.25) is 0 Å². The highest BCUT2D eigenvalue weighted by Gasteiger charge is 2.29. The number of esters is 1. The third-order valence-corrected chi connectivity index (χ3v) is 7.35. The number of aryl methyl sites for hydroxylation is 1. The number of nitrogens with one attached hydrogen (secondary N) is 2. The molecule has 8 heteroatoms. The van der Waals surface area contributed by atoms with Gasteiger partial charge in [-0.3, -0.25) is 4.79 Å². The fourth-order valence-electron chi connectivity index (χ4n) is 5.27. The number of benzene rings is 2. The molecule has 1 aliphatic carbocycles. The molecule has 2 aromatic rings. The van der Waals surface area contributed by atoms with Crippen LogP contribution in [0.3, 0.4) is 0 Å². The molecule has 0 bridgehead atoms. The molecule has 2 aromatic carbocycles. The molecule has 0 heterocycles. The van der Waals surface area contributed by atoms with E-state index in [1.54, 1.807) is 14.2 Å². The minimum atomic E-state index is -0.318. The fraction of sp³-hybridized carbons (Fsp3) is 0.548. The Bertz CT molecular complexity index is 1060. The third-order valence-electron chi connectivity index (χ3n) is 7.35. The van der Waals surface area contributed by atoms with Crippen molar-refractivity contribution in [2.75, 3.05) is 50.0 Å². The van der Waals surface area contributed by atoms with Gasteiger partial charge in [0.15, 0.2) is 0 Å². The smallest absolute Gasteiger partial charge is 0.323 e. The van der Waals surface area contributed by atoms with Gasteiger partial charge in [0, 0.05) is 38.4 Å². The summed E-state index contributed by atoms with van der Waals surface area (Å²) in [7, 11) is 4.79. The summed E-state index contributed by atoms with van der Waals surface area (Å²) in [5.41, 5.74) is 4.43. The molecule has 0 spiro atoms. The van der Waals surface area contributed by atoms with Gasteiger partial charge in [0.25, 0.3) is 0 Å². The number of anilines is 3. The van der Waals surface area contributed by atoms with E-state index in [9.17, 15) is 9.59 Å². The second kappa shape index (κ2) is 14.9. The highest BCUT2D eigenvalue weighted by Crippen LogP contribution is 2.36. The highest BCUT2D eigenvalue weighted by molar-refractivity contribution is 6.02. The maximum atomic E-state index is 13.2. The van der Waals surface area contributed by atoms with E-state index < -0.39 is 0 Å². The molecule has 1 fully saturated rings. The minimum Gasteiger partial charge on any atom is -0.469 e. The van der Waals surface area contributed by atoms with Crippen LogP contribution in [0.5, 0.6) is 0 Å². The van der Waals surface area contributed by atoms with E-state index in [1.807, 2.05) is 43.3 Å². The number of hydrogen-bond donors (Lipinski definition) is 2. The van der Waals surface area contributed by atoms with E-state index in [4.69, 9.17) is 14.2 Å². The molecule has 3 rings (SSSR count). The van der Waals surface area contributed by atoms with E-state index in [-0.39, 0.29) is 24.3 Å². The van der Waals surface area contributed by atoms with Gasteiger partial charge in [0.1, 0.15) is 0 Å². The van der Waals surface area contributed by atoms with Crippen molar-refractivity contribution in [1.82, 2.24) is 0 Å². The van der Waals surface area contributed by atoms with Crippen LogP contribution in [0.1, 0.15) is 63.0 Å². The van der Waals surface area contributed by atoms with Crippen LogP contribution in [0.4, 0.5) is 21.9 Å². The molecule has 1 unspecified atom stereocenters. The Labute approximate surface area is 233 Å². The summed E-state index contributed by atoms with van der Waals surface area (Å²) in [6.07, 6.45) is 4.57. The average molecular weight is 540 g/mol. The maximum Gasteiger partial charge on any atom is 0.323 e. The SMILES string of the molecule is COCC(CC(=O)OC)c1ccc(N(CC(C)C)C2CCC(OC)CC2)c(NC(=O)Nc2ccc(C)cc2)c1. The minimum absolute atomic E-state index is 0.190. The predicted molar refractivity (Wildman–Crippen MR) is 157 cm³/mol. The topological polar surface area (TPSA) is 89.1 Å². The van der Waals surface area contributed by atoms with Crippen molar-refractivity contribution in [3.05, 3.63) is 53.6 Å². The van der Waals surface area contributed by atoms with Gasteiger partial charge in [0.2, 0.25) is 0 Å². The van der Waals surface area contributed by atoms with Gasteiger partial charge in [-0.2, -0.15) is 0 Å². The Morgan fingerprint density at radius 2 is 1.67 bits per heavy atom. The number of carbonyl (C=O) groups excluding carboxylic acids is 2. The van der Waals surface area contributed by atoms with Gasteiger partial charge < -0.3 is 29.7 Å². The molecule has 214 valence electrons. The van der Waals surface area contributed by atoms with Crippen LogP contribution in [0.15, 0.2) is 42.5 Å². The number of ether oxygens (including phenoxy) is 3. The first-order valence-electron chi connectivity index (χ1n) is 13.9. The lowest BCUT2D eigenvalue weighted by Gasteiger charge is -2.40. The van der Waals surface area contributed by atoms with Crippen LogP contribution >= 0.6 is 0 Å². The lowest BCUT2D eigenvalue weighted by molar-refractivity contribution is -0.141. The summed E-state index contributed by atoms with van der Waals surface area (Å²) in [5.74, 6) is -0.0726. The van der Waals surface area contributed by atoms with Crippen molar-refractivity contribution in [2.45, 2.75) is 70.9 Å². The van der Waals surface area contributed by atoms with Gasteiger partial charge in [-0.05, 0) is 68.4 Å². The first kappa shape index (κ1) is 30.4. The fourth-order valence-corrected chi connectivity index (χ4v) is 5.27. The van der Waals surface area contributed by atoms with Crippen LogP contribution < -0.4 is 15.5 Å². The third kappa shape index (κ3) is 8.97. The Kier molecular flexibility index (Phi) is 11.6. The lowest BCUT2D eigenvalue weighted by Crippen LogP contribution is -2.42. The largest absolute Gasteiger partial charge is 0.469 e. The summed E-state index contributed by atoms with van der Waals surface area (Å²) in [6, 6.07) is 13.8. The number of carbonyl (C=O) groups is 2. The van der Waals surface area contributed by atoms with Crippen molar-refractivity contribution in [1.29, 1.82) is 0 Å². The summed E-state index contributed by atoms with van der Waals surface area (Å²) in [6.45, 7) is 7.66. The van der Waals surface area contributed by atoms with E-state index in [0.717, 1.165) is 54.7 Å². The zero-order valence-electron chi connectivity index (χ0n) is 24.3. The summed E-state index contributed by atoms with van der Waals surface area (Å²) in [4.78, 5) is 27.8. The van der Waals surface area contributed by atoms with E-state index in [0.29, 0.717) is 30.4 Å². The second-order valence-electron chi connectivity index (χ2n) is 10.9. The molecule has 1 aliphatic rings. The van der Waals surface area contributed by atoms with Gasteiger partial charge in [0.05, 0.1) is 37.6 Å². The number of rotatable bonds is 12. The van der Waals surface area contributed by atoms with Gasteiger partial charge in [-0.25, -0.2) is 4.79 Å². The molecule has 0 saturated heterocycles. The molecule has 0 aromatic heterocycles. The molecule has 0 radical (unpaired) electrons. The van der Waals surface area contributed by atoms with Gasteiger partial charge in [-0.1, -0.05) is 37.6 Å². The second-order valence-corrected chi connectivity index (χ2v) is 10.9. The molecule has 1 saturated carbocycles. The molecular formula is C31H45N3O5. The van der Waals surface area contributed by atoms with Crippen molar-refractivity contribution < 1.29 is 23.8 Å². The van der Waals surface area contributed by atoms with E-state index in [1.165, 1.54) is 7.11 Å². The van der Waals surface area contributed by atoms with Crippen molar-refractivity contribution in [2.24, 2.45) is 5.92 Å². The summed E-state index contributed by atoms with van der Waals surface area (Å²) in [5, 5.41) is 6.07. The van der Waals surface area contributed by atoms with Crippen molar-refractivity contribution >= 4 is 29.1 Å². The molecule has 8 nitrogen and oxygen atoms in total. The molecule has 2 N–H and O–H groups in total. The van der Waals surface area contributed by atoms with E-state index >= 15 is 0 Å². The normalized spacial score (nSPS) is 17.9. The number of amides is 2. The van der Waals surface area contributed by atoms with Gasteiger partial charge in [-0.15, -0.1) is 0 Å². The lowest BCUT2D eigenvalue weighted by atomic mass is 9.90. The number of nitrogens with zero attached hydrogens (tertiary/aromatic N) is 1. The van der Waals surface area contributed by atoms with Crippen LogP contribution in [-0.4, -0.2) is 58.6 Å². The molecular weight excluding hydrogens is 494 g/mol. The van der Waals surface area contributed by atoms with Crippen molar-refractivity contribution in [3.8, 4) is 0 Å². The summed E-state index contributed by atoms with van der Waals surface area (Å²) >= 11 is 0. The zero-order chi connectivity index (χ0) is 28.4. The molecule has 0 aliphatic heterocycles. The van der Waals surface area contributed by atoms with E-state index in [2.05, 4.69) is 35.4 Å². The van der Waals surface area contributed by atoms with Crippen LogP contribution in [0.25, 0.3) is 0 Å². The highest BCUT2D eigenvalue weighted by atomic mass is 16.5. The standard InChI is InChI=1S/C31H45N3O5/c1-21(2)19-34(26-12-14-27(38-5)15-13-26)29-16-9-23(24(20-37-4)18-30(35)39-6)17-28(29)33-31(36)32-25-10-7-22(3)8-11-25/h7-11,16-17,21,24,26-27H,12-15,18-20H2,1-6H3,(H2,32,33,36). The Morgan fingerprint density at radius 1 is 0.974 bits per heavy atom. The average Bonchev–Trinajstić information content (AvgIpc) is 2.92. The van der Waals surface area contributed by atoms with Crippen LogP contribution in [-0.2, 0) is 19.0 Å². The summed E-state index contributed by atoms with van der Waals surface area (Å²) < 4.78 is 16.0. The van der Waals surface area contributed by atoms with Crippen molar-refractivity contribution in [3.63, 3.8) is 0 Å². The predicted octanol–water partition coefficient (Wildman–Crippen LogP) is 6.35. The first-order chi connectivity index (χ1) is 18.7. The van der Waals surface area contributed by atoms with Gasteiger partial charge >= 0.3 is 12.0 Å². The monoisotopic (exact) mass is 539 g/mol.